The smallest absolute Gasteiger partial charge is 0.261 e. The Bertz CT molecular complexity index is 991. The number of methoxy groups -OCH3 is 1. The van der Waals surface area contributed by atoms with Crippen LogP contribution in [0.25, 0.3) is 0 Å². The maximum atomic E-state index is 13.7. The summed E-state index contributed by atoms with van der Waals surface area (Å²) in [5.41, 5.74) is 0.127. The minimum Gasteiger partial charge on any atom is -0.507 e. The molecule has 0 saturated carbocycles. The number of halogens is 1. The van der Waals surface area contributed by atoms with Gasteiger partial charge in [0.25, 0.3) is 5.91 Å². The van der Waals surface area contributed by atoms with Crippen molar-refractivity contribution in [3.05, 3.63) is 53.3 Å². The quantitative estimate of drug-likeness (QED) is 0.796. The van der Waals surface area contributed by atoms with E-state index in [-0.39, 0.29) is 49.1 Å². The van der Waals surface area contributed by atoms with Gasteiger partial charge in [-0.15, -0.1) is 0 Å². The fraction of sp³-hybridized carbons (Fsp3) is 0.333. The first-order valence-electron chi connectivity index (χ1n) is 9.39. The van der Waals surface area contributed by atoms with Crippen LogP contribution in [0.2, 0.25) is 0 Å². The van der Waals surface area contributed by atoms with Gasteiger partial charge in [0.2, 0.25) is 0 Å². The summed E-state index contributed by atoms with van der Waals surface area (Å²) in [5.74, 6) is -1.52. The largest absolute Gasteiger partial charge is 0.507 e. The Morgan fingerprint density at radius 3 is 2.77 bits per heavy atom. The van der Waals surface area contributed by atoms with Crippen molar-refractivity contribution in [1.82, 2.24) is 4.90 Å². The number of hydrogen-bond donors (Lipinski definition) is 2. The van der Waals surface area contributed by atoms with Crippen molar-refractivity contribution < 1.29 is 33.7 Å². The second-order valence-corrected chi connectivity index (χ2v) is 7.29. The van der Waals surface area contributed by atoms with E-state index in [4.69, 9.17) is 14.3 Å². The van der Waals surface area contributed by atoms with E-state index in [1.165, 1.54) is 42.3 Å². The number of ether oxygens (including phenoxy) is 2. The first-order chi connectivity index (χ1) is 14.4. The second kappa shape index (κ2) is 7.83. The summed E-state index contributed by atoms with van der Waals surface area (Å²) in [4.78, 5) is 20.2. The highest BCUT2D eigenvalue weighted by atomic mass is 19.1. The van der Waals surface area contributed by atoms with Crippen LogP contribution in [0.4, 0.5) is 4.39 Å². The molecule has 0 aliphatic carbocycles. The van der Waals surface area contributed by atoms with Crippen molar-refractivity contribution in [1.29, 1.82) is 0 Å². The third-order valence-corrected chi connectivity index (χ3v) is 5.19. The van der Waals surface area contributed by atoms with Crippen LogP contribution in [-0.2, 0) is 9.57 Å². The van der Waals surface area contributed by atoms with Crippen molar-refractivity contribution in [3.8, 4) is 17.2 Å². The van der Waals surface area contributed by atoms with E-state index in [2.05, 4.69) is 5.16 Å². The summed E-state index contributed by atoms with van der Waals surface area (Å²) in [6, 6.07) is 8.54. The number of amides is 1. The number of phenolic OH excluding ortho intramolecular Hbond substituents is 2. The van der Waals surface area contributed by atoms with E-state index in [0.717, 1.165) is 0 Å². The van der Waals surface area contributed by atoms with Crippen LogP contribution in [0.5, 0.6) is 17.2 Å². The van der Waals surface area contributed by atoms with Gasteiger partial charge in [-0.2, -0.15) is 0 Å². The highest BCUT2D eigenvalue weighted by Gasteiger charge is 2.44. The zero-order valence-electron chi connectivity index (χ0n) is 16.3. The molecule has 1 saturated heterocycles. The Morgan fingerprint density at radius 2 is 2.03 bits per heavy atom. The SMILES string of the molecule is COc1cc(C2=NOC3(COCCN(C(=O)c4c(O)cccc4O)C3)C2)ccc1F. The third kappa shape index (κ3) is 3.63. The number of carbonyl (C=O) groups excluding carboxylic acids is 1. The summed E-state index contributed by atoms with van der Waals surface area (Å²) in [6.07, 6.45) is 0.332. The van der Waals surface area contributed by atoms with E-state index in [9.17, 15) is 19.4 Å². The van der Waals surface area contributed by atoms with Crippen LogP contribution in [0, 0.1) is 5.82 Å². The van der Waals surface area contributed by atoms with Crippen molar-refractivity contribution in [2.75, 3.05) is 33.4 Å². The van der Waals surface area contributed by atoms with Crippen LogP contribution in [0.3, 0.4) is 0 Å². The molecule has 0 aromatic heterocycles. The van der Waals surface area contributed by atoms with Gasteiger partial charge in [-0.3, -0.25) is 4.79 Å². The molecule has 0 radical (unpaired) electrons. The van der Waals surface area contributed by atoms with Crippen LogP contribution in [0.1, 0.15) is 22.3 Å². The van der Waals surface area contributed by atoms with E-state index < -0.39 is 17.3 Å². The molecule has 1 unspecified atom stereocenters. The van der Waals surface area contributed by atoms with Crippen molar-refractivity contribution >= 4 is 11.6 Å². The topological polar surface area (TPSA) is 101 Å². The normalized spacial score (nSPS) is 21.1. The van der Waals surface area contributed by atoms with Gasteiger partial charge in [0.1, 0.15) is 17.1 Å². The molecule has 1 atom stereocenters. The van der Waals surface area contributed by atoms with Gasteiger partial charge in [-0.05, 0) is 30.3 Å². The van der Waals surface area contributed by atoms with Gasteiger partial charge < -0.3 is 29.4 Å². The summed E-state index contributed by atoms with van der Waals surface area (Å²) in [7, 11) is 1.38. The molecule has 1 spiro atoms. The molecule has 4 rings (SSSR count). The maximum absolute atomic E-state index is 13.7. The van der Waals surface area contributed by atoms with Crippen LogP contribution in [-0.4, -0.2) is 65.7 Å². The number of oxime groups is 1. The lowest BCUT2D eigenvalue weighted by molar-refractivity contribution is -0.0701. The first kappa shape index (κ1) is 20.0. The van der Waals surface area contributed by atoms with E-state index in [1.54, 1.807) is 6.07 Å². The average molecular weight is 416 g/mol. The number of benzene rings is 2. The highest BCUT2D eigenvalue weighted by Crippen LogP contribution is 2.33. The highest BCUT2D eigenvalue weighted by molar-refractivity contribution is 6.02. The van der Waals surface area contributed by atoms with Crippen LogP contribution in [0.15, 0.2) is 41.6 Å². The number of aromatic hydroxyl groups is 2. The monoisotopic (exact) mass is 416 g/mol. The zero-order chi connectivity index (χ0) is 21.3. The Hall–Kier alpha value is -3.33. The van der Waals surface area contributed by atoms with Gasteiger partial charge in [-0.25, -0.2) is 4.39 Å². The van der Waals surface area contributed by atoms with Crippen LogP contribution < -0.4 is 4.74 Å². The zero-order valence-corrected chi connectivity index (χ0v) is 16.3. The first-order valence-corrected chi connectivity index (χ1v) is 9.39. The molecule has 30 heavy (non-hydrogen) atoms. The Balaban J connectivity index is 1.56. The molecular formula is C21H21FN2O6. The fourth-order valence-corrected chi connectivity index (χ4v) is 3.66. The number of carbonyl (C=O) groups is 1. The molecule has 158 valence electrons. The molecule has 1 amide bonds. The van der Waals surface area contributed by atoms with Gasteiger partial charge in [-0.1, -0.05) is 11.2 Å². The molecular weight excluding hydrogens is 395 g/mol. The molecule has 2 aromatic rings. The Kier molecular flexibility index (Phi) is 5.21. The van der Waals surface area contributed by atoms with Gasteiger partial charge in [0, 0.05) is 18.5 Å². The maximum Gasteiger partial charge on any atom is 0.261 e. The molecule has 0 bridgehead atoms. The number of rotatable bonds is 3. The van der Waals surface area contributed by atoms with Crippen molar-refractivity contribution in [2.45, 2.75) is 12.0 Å². The fourth-order valence-electron chi connectivity index (χ4n) is 3.66. The Labute approximate surface area is 172 Å². The lowest BCUT2D eigenvalue weighted by Gasteiger charge is -2.29. The molecule has 1 fully saturated rings. The van der Waals surface area contributed by atoms with Gasteiger partial charge in [0.05, 0.1) is 32.6 Å². The summed E-state index contributed by atoms with van der Waals surface area (Å²) in [5, 5.41) is 24.2. The van der Waals surface area contributed by atoms with E-state index in [1.807, 2.05) is 0 Å². The molecule has 2 heterocycles. The molecule has 8 nitrogen and oxygen atoms in total. The van der Waals surface area contributed by atoms with Gasteiger partial charge in [0.15, 0.2) is 17.2 Å². The van der Waals surface area contributed by atoms with Crippen molar-refractivity contribution in [2.24, 2.45) is 5.16 Å². The lowest BCUT2D eigenvalue weighted by atomic mass is 9.94. The molecule has 9 heteroatoms. The summed E-state index contributed by atoms with van der Waals surface area (Å²) in [6.45, 7) is 0.877. The predicted octanol–water partition coefficient (Wildman–Crippen LogP) is 2.28. The molecule has 2 aliphatic rings. The standard InChI is InChI=1S/C21H21FN2O6/c1-28-18-9-13(5-6-14(18)22)15-10-21(30-23-15)11-24(7-8-29-12-21)20(27)19-16(25)3-2-4-17(19)26/h2-6,9,25-26H,7-8,10-12H2,1H3. The minimum absolute atomic E-state index is 0.0973. The summed E-state index contributed by atoms with van der Waals surface area (Å²) >= 11 is 0. The van der Waals surface area contributed by atoms with Gasteiger partial charge >= 0.3 is 0 Å². The second-order valence-electron chi connectivity index (χ2n) is 7.29. The molecule has 2 aliphatic heterocycles. The lowest BCUT2D eigenvalue weighted by Crippen LogP contribution is -2.46. The Morgan fingerprint density at radius 1 is 1.27 bits per heavy atom. The average Bonchev–Trinajstić information content (AvgIpc) is 3.02. The number of hydrogen-bond acceptors (Lipinski definition) is 7. The van der Waals surface area contributed by atoms with Crippen molar-refractivity contribution in [3.63, 3.8) is 0 Å². The third-order valence-electron chi connectivity index (χ3n) is 5.19. The summed E-state index contributed by atoms with van der Waals surface area (Å²) < 4.78 is 24.4. The predicted molar refractivity (Wildman–Crippen MR) is 104 cm³/mol. The van der Waals surface area contributed by atoms with Crippen LogP contribution >= 0.6 is 0 Å². The van der Waals surface area contributed by atoms with E-state index >= 15 is 0 Å². The molecule has 2 aromatic carbocycles. The number of phenols is 2. The minimum atomic E-state index is -0.927. The van der Waals surface area contributed by atoms with E-state index in [0.29, 0.717) is 17.7 Å². The number of nitrogens with zero attached hydrogens (tertiary/aromatic N) is 2. The molecule has 2 N–H and O–H groups in total.